The van der Waals surface area contributed by atoms with Crippen molar-refractivity contribution in [3.05, 3.63) is 134 Å². The zero-order valence-corrected chi connectivity index (χ0v) is 53.5. The van der Waals surface area contributed by atoms with Crippen LogP contribution >= 0.6 is 0 Å². The summed E-state index contributed by atoms with van der Waals surface area (Å²) in [5.41, 5.74) is 0. The van der Waals surface area contributed by atoms with E-state index in [2.05, 4.69) is 154 Å². The molecule has 1 atom stereocenters. The van der Waals surface area contributed by atoms with Crippen LogP contribution in [0.2, 0.25) is 0 Å². The highest BCUT2D eigenvalue weighted by molar-refractivity contribution is 5.71. The van der Waals surface area contributed by atoms with Crippen LogP contribution in [0.5, 0.6) is 0 Å². The van der Waals surface area contributed by atoms with Crippen LogP contribution in [-0.4, -0.2) is 37.2 Å². The lowest BCUT2D eigenvalue weighted by molar-refractivity contribution is -0.167. The van der Waals surface area contributed by atoms with Gasteiger partial charge < -0.3 is 14.2 Å². The van der Waals surface area contributed by atoms with E-state index >= 15 is 0 Å². The molecule has 466 valence electrons. The number of hydrogen-bond acceptors (Lipinski definition) is 6. The number of ether oxygens (including phenoxy) is 3. The fourth-order valence-corrected chi connectivity index (χ4v) is 9.25. The molecular formula is C76H126O6. The summed E-state index contributed by atoms with van der Waals surface area (Å²) >= 11 is 0. The summed E-state index contributed by atoms with van der Waals surface area (Å²) in [7, 11) is 0. The number of unbranched alkanes of at least 4 members (excludes halogenated alkanes) is 28. The predicted molar refractivity (Wildman–Crippen MR) is 357 cm³/mol. The fourth-order valence-electron chi connectivity index (χ4n) is 9.25. The lowest BCUT2D eigenvalue weighted by Gasteiger charge is -2.18. The number of rotatable bonds is 61. The Bertz CT molecular complexity index is 1730. The van der Waals surface area contributed by atoms with Crippen molar-refractivity contribution in [3.8, 4) is 0 Å². The van der Waals surface area contributed by atoms with Gasteiger partial charge in [-0.2, -0.15) is 0 Å². The standard InChI is InChI=1S/C76H126O6/c1-4-7-10-13-16-19-22-25-28-30-32-34-36-37-38-39-41-42-44-46-48-51-54-57-60-63-66-69-75(78)81-72-73(71-80-74(77)68-65-62-59-56-53-50-27-24-21-18-15-12-9-6-3)82-76(79)70-67-64-61-58-55-52-49-47-45-43-40-35-33-31-29-26-23-20-17-14-11-8-5-2/h7,10,16,19,23-28,31-34,37-38,41-42,46,48,54,57,73H,4-6,8-9,11-15,17-18,20-22,29-30,35-36,39-40,43-45,47,49-53,55-56,58-72H2,1-3H3/b10-7-,19-16-,26-23-,27-24-,28-25-,33-31-,34-32-,38-37-,42-41-,48-46-,57-54-. The van der Waals surface area contributed by atoms with Gasteiger partial charge in [0.2, 0.25) is 0 Å². The van der Waals surface area contributed by atoms with Crippen LogP contribution in [0.4, 0.5) is 0 Å². The highest BCUT2D eigenvalue weighted by Crippen LogP contribution is 2.15. The van der Waals surface area contributed by atoms with Crippen LogP contribution in [0.3, 0.4) is 0 Å². The molecule has 0 fully saturated rings. The zero-order chi connectivity index (χ0) is 59.2. The average molecular weight is 1140 g/mol. The van der Waals surface area contributed by atoms with Crippen molar-refractivity contribution in [1.82, 2.24) is 0 Å². The van der Waals surface area contributed by atoms with Gasteiger partial charge in [-0.25, -0.2) is 0 Å². The Morgan fingerprint density at radius 2 is 0.476 bits per heavy atom. The van der Waals surface area contributed by atoms with E-state index in [1.807, 2.05) is 0 Å². The maximum absolute atomic E-state index is 12.9. The van der Waals surface area contributed by atoms with Crippen molar-refractivity contribution in [2.24, 2.45) is 0 Å². The van der Waals surface area contributed by atoms with Gasteiger partial charge in [0.15, 0.2) is 6.10 Å². The second-order valence-corrected chi connectivity index (χ2v) is 22.3. The topological polar surface area (TPSA) is 78.9 Å². The van der Waals surface area contributed by atoms with E-state index < -0.39 is 6.10 Å². The van der Waals surface area contributed by atoms with Gasteiger partial charge in [0.1, 0.15) is 13.2 Å². The van der Waals surface area contributed by atoms with Gasteiger partial charge in [0.25, 0.3) is 0 Å². The summed E-state index contributed by atoms with van der Waals surface area (Å²) in [5.74, 6) is -0.949. The van der Waals surface area contributed by atoms with Gasteiger partial charge in [-0.15, -0.1) is 0 Å². The van der Waals surface area contributed by atoms with Crippen molar-refractivity contribution in [1.29, 1.82) is 0 Å². The van der Waals surface area contributed by atoms with Gasteiger partial charge in [-0.3, -0.25) is 14.4 Å². The molecular weight excluding hydrogens is 1010 g/mol. The van der Waals surface area contributed by atoms with Crippen LogP contribution in [-0.2, 0) is 28.6 Å². The molecule has 0 N–H and O–H groups in total. The molecule has 82 heavy (non-hydrogen) atoms. The Labute approximate surface area is 506 Å². The number of allylic oxidation sites excluding steroid dienone is 22. The first kappa shape index (κ1) is 77.5. The van der Waals surface area contributed by atoms with E-state index in [-0.39, 0.29) is 31.1 Å². The number of carbonyl (C=O) groups is 3. The van der Waals surface area contributed by atoms with Crippen LogP contribution in [0.25, 0.3) is 0 Å². The van der Waals surface area contributed by atoms with E-state index in [9.17, 15) is 14.4 Å². The number of hydrogen-bond donors (Lipinski definition) is 0. The largest absolute Gasteiger partial charge is 0.462 e. The Morgan fingerprint density at radius 1 is 0.256 bits per heavy atom. The molecule has 0 spiro atoms. The van der Waals surface area contributed by atoms with Crippen molar-refractivity contribution in [2.45, 2.75) is 316 Å². The highest BCUT2D eigenvalue weighted by atomic mass is 16.6. The predicted octanol–water partition coefficient (Wildman–Crippen LogP) is 23.7. The Kier molecular flexibility index (Phi) is 65.3. The number of carbonyl (C=O) groups excluding carboxylic acids is 3. The average Bonchev–Trinajstić information content (AvgIpc) is 3.48. The third kappa shape index (κ3) is 66.4. The van der Waals surface area contributed by atoms with Gasteiger partial charge >= 0.3 is 17.9 Å². The molecule has 0 aliphatic heterocycles. The molecule has 0 aromatic rings. The maximum Gasteiger partial charge on any atom is 0.306 e. The minimum absolute atomic E-state index is 0.0995. The van der Waals surface area contributed by atoms with Crippen molar-refractivity contribution >= 4 is 17.9 Å². The lowest BCUT2D eigenvalue weighted by atomic mass is 10.0. The zero-order valence-electron chi connectivity index (χ0n) is 53.5. The SMILES string of the molecule is CC/C=C\C/C=C\C/C=C\C/C=C\C/C=C\C/C=C\C/C=C\C/C=C\CCCCC(=O)OCC(COC(=O)CCCCCCC/C=C\CCCCCCC)OC(=O)CCCCCCCCCCCCC/C=C\C/C=C\CCCCCCC. The van der Waals surface area contributed by atoms with Crippen molar-refractivity contribution < 1.29 is 28.6 Å². The summed E-state index contributed by atoms with van der Waals surface area (Å²) in [4.78, 5) is 38.4. The minimum Gasteiger partial charge on any atom is -0.462 e. The molecule has 0 aromatic carbocycles. The molecule has 0 radical (unpaired) electrons. The van der Waals surface area contributed by atoms with Gasteiger partial charge in [-0.1, -0.05) is 283 Å². The summed E-state index contributed by atoms with van der Waals surface area (Å²) < 4.78 is 16.9. The van der Waals surface area contributed by atoms with Crippen LogP contribution < -0.4 is 0 Å². The molecule has 0 bridgehead atoms. The quantitative estimate of drug-likeness (QED) is 0.0261. The van der Waals surface area contributed by atoms with Gasteiger partial charge in [-0.05, 0) is 141 Å². The Hall–Kier alpha value is -4.45. The first-order valence-corrected chi connectivity index (χ1v) is 34.2. The maximum atomic E-state index is 12.9. The Balaban J connectivity index is 4.44. The second-order valence-electron chi connectivity index (χ2n) is 22.3. The molecule has 6 nitrogen and oxygen atoms in total. The van der Waals surface area contributed by atoms with E-state index in [1.165, 1.54) is 141 Å². The van der Waals surface area contributed by atoms with E-state index in [4.69, 9.17) is 14.2 Å². The Morgan fingerprint density at radius 3 is 0.780 bits per heavy atom. The first-order chi connectivity index (χ1) is 40.5. The van der Waals surface area contributed by atoms with Gasteiger partial charge in [0, 0.05) is 19.3 Å². The molecule has 0 saturated heterocycles. The molecule has 0 aliphatic carbocycles. The van der Waals surface area contributed by atoms with Crippen LogP contribution in [0.1, 0.15) is 310 Å². The van der Waals surface area contributed by atoms with E-state index in [0.29, 0.717) is 25.7 Å². The lowest BCUT2D eigenvalue weighted by Crippen LogP contribution is -2.30. The summed E-state index contributed by atoms with van der Waals surface area (Å²) in [6.45, 7) is 6.48. The molecule has 0 aromatic heterocycles. The third-order valence-electron chi connectivity index (χ3n) is 14.4. The molecule has 0 amide bonds. The van der Waals surface area contributed by atoms with E-state index in [1.54, 1.807) is 0 Å². The van der Waals surface area contributed by atoms with Crippen LogP contribution in [0.15, 0.2) is 134 Å². The molecule has 0 saturated carbocycles. The minimum atomic E-state index is -0.807. The second kappa shape index (κ2) is 69.0. The van der Waals surface area contributed by atoms with Gasteiger partial charge in [0.05, 0.1) is 0 Å². The third-order valence-corrected chi connectivity index (χ3v) is 14.4. The molecule has 0 rings (SSSR count). The van der Waals surface area contributed by atoms with E-state index in [0.717, 1.165) is 122 Å². The summed E-state index contributed by atoms with van der Waals surface area (Å²) in [6.07, 6.45) is 97.5. The molecule has 0 heterocycles. The molecule has 1 unspecified atom stereocenters. The molecule has 6 heteroatoms. The number of esters is 3. The smallest absolute Gasteiger partial charge is 0.306 e. The van der Waals surface area contributed by atoms with Crippen molar-refractivity contribution in [3.63, 3.8) is 0 Å². The first-order valence-electron chi connectivity index (χ1n) is 34.2. The monoisotopic (exact) mass is 1130 g/mol. The fraction of sp³-hybridized carbons (Fsp3) is 0.671. The van der Waals surface area contributed by atoms with Crippen LogP contribution in [0, 0.1) is 0 Å². The molecule has 0 aliphatic rings. The summed E-state index contributed by atoms with van der Waals surface area (Å²) in [6, 6.07) is 0. The highest BCUT2D eigenvalue weighted by Gasteiger charge is 2.19. The van der Waals surface area contributed by atoms with Crippen molar-refractivity contribution in [2.75, 3.05) is 13.2 Å². The summed E-state index contributed by atoms with van der Waals surface area (Å²) in [5, 5.41) is 0. The normalized spacial score (nSPS) is 13.0.